The fourth-order valence-corrected chi connectivity index (χ4v) is 1.35. The van der Waals surface area contributed by atoms with Gasteiger partial charge in [0.15, 0.2) is 0 Å². The number of hydrogen-bond donors (Lipinski definition) is 10. The quantitative estimate of drug-likeness (QED) is 0.158. The van der Waals surface area contributed by atoms with Gasteiger partial charge in [-0.15, -0.1) is 0 Å². The Labute approximate surface area is 178 Å². The third-order valence-corrected chi connectivity index (χ3v) is 2.95. The van der Waals surface area contributed by atoms with Gasteiger partial charge in [-0.25, -0.2) is 4.98 Å². The zero-order valence-electron chi connectivity index (χ0n) is 17.0. The molecule has 1 rings (SSSR count). The first-order valence-electron chi connectivity index (χ1n) is 8.90. The van der Waals surface area contributed by atoms with Crippen LogP contribution < -0.4 is 28.7 Å². The molecule has 1 aromatic rings. The highest BCUT2D eigenvalue weighted by molar-refractivity contribution is 5.73. The Morgan fingerprint density at radius 3 is 1.61 bits per heavy atom. The second-order valence-corrected chi connectivity index (χ2v) is 5.65. The number of aromatic amines is 1. The van der Waals surface area contributed by atoms with Gasteiger partial charge in [-0.2, -0.15) is 0 Å². The number of imidazole rings is 1. The molecule has 2 atom stereocenters. The van der Waals surface area contributed by atoms with Crippen molar-refractivity contribution in [3.63, 3.8) is 0 Å². The van der Waals surface area contributed by atoms with Crippen molar-refractivity contribution in [2.75, 3.05) is 19.6 Å². The average Bonchev–Trinajstić information content (AvgIpc) is 3.22. The minimum absolute atomic E-state index is 0.278. The van der Waals surface area contributed by atoms with Crippen LogP contribution >= 0.6 is 0 Å². The summed E-state index contributed by atoms with van der Waals surface area (Å²) in [6.07, 6.45) is 5.50. The highest BCUT2D eigenvalue weighted by atomic mass is 16.4. The van der Waals surface area contributed by atoms with Crippen molar-refractivity contribution in [2.24, 2.45) is 28.7 Å². The predicted octanol–water partition coefficient (Wildman–Crippen LogP) is -3.05. The lowest BCUT2D eigenvalue weighted by molar-refractivity contribution is -0.139. The number of carbonyl (C=O) groups is 4. The first-order chi connectivity index (χ1) is 14.4. The zero-order chi connectivity index (χ0) is 24.8. The van der Waals surface area contributed by atoms with Crippen molar-refractivity contribution in [3.8, 4) is 0 Å². The summed E-state index contributed by atoms with van der Waals surface area (Å²) >= 11 is 0. The van der Waals surface area contributed by atoms with Crippen molar-refractivity contribution >= 4 is 23.9 Å². The molecular formula is C16H33N7O8. The summed E-state index contributed by atoms with van der Waals surface area (Å²) in [6.45, 7) is 0.0480. The van der Waals surface area contributed by atoms with E-state index in [0.29, 0.717) is 13.0 Å². The Hall–Kier alpha value is -3.11. The summed E-state index contributed by atoms with van der Waals surface area (Å²) in [5, 5.41) is 31.9. The number of H-pyrrole nitrogens is 1. The lowest BCUT2D eigenvalue weighted by atomic mass is 10.1. The molecule has 0 radical (unpaired) electrons. The number of rotatable bonds is 10. The lowest BCUT2D eigenvalue weighted by Crippen LogP contribution is -2.32. The van der Waals surface area contributed by atoms with Gasteiger partial charge >= 0.3 is 23.9 Å². The van der Waals surface area contributed by atoms with Gasteiger partial charge in [0.05, 0.1) is 19.4 Å². The molecule has 15 N–H and O–H groups in total. The van der Waals surface area contributed by atoms with Gasteiger partial charge < -0.3 is 54.1 Å². The van der Waals surface area contributed by atoms with E-state index < -0.39 is 36.0 Å². The second-order valence-electron chi connectivity index (χ2n) is 5.65. The average molecular weight is 451 g/mol. The van der Waals surface area contributed by atoms with Crippen LogP contribution in [0.3, 0.4) is 0 Å². The van der Waals surface area contributed by atoms with Gasteiger partial charge in [0, 0.05) is 18.3 Å². The Bertz CT molecular complexity index is 599. The summed E-state index contributed by atoms with van der Waals surface area (Å²) in [6, 6.07) is -1.57. The molecule has 0 aliphatic rings. The van der Waals surface area contributed by atoms with E-state index in [1.807, 2.05) is 0 Å². The van der Waals surface area contributed by atoms with Gasteiger partial charge in [0.1, 0.15) is 12.1 Å². The minimum atomic E-state index is -1.00. The van der Waals surface area contributed by atoms with E-state index in [2.05, 4.69) is 21.4 Å². The smallest absolute Gasteiger partial charge is 0.320 e. The van der Waals surface area contributed by atoms with Crippen LogP contribution in [0, 0.1) is 0 Å². The summed E-state index contributed by atoms with van der Waals surface area (Å²) < 4.78 is 0. The molecule has 15 heteroatoms. The number of carboxylic acid groups (broad SMARTS) is 4. The van der Waals surface area contributed by atoms with Crippen LogP contribution in [0.5, 0.6) is 0 Å². The molecule has 0 aromatic carbocycles. The Morgan fingerprint density at radius 2 is 1.32 bits per heavy atom. The molecule has 2 unspecified atom stereocenters. The SMILES string of the molecule is NC(Cc1cnc[nH]1)C(=O)O.NCC(=O)O.NCC(=O)O.NCCCCC(N)C(=O)O. The van der Waals surface area contributed by atoms with E-state index in [-0.39, 0.29) is 19.5 Å². The van der Waals surface area contributed by atoms with E-state index in [0.717, 1.165) is 18.5 Å². The number of aromatic nitrogens is 2. The third-order valence-electron chi connectivity index (χ3n) is 2.95. The molecule has 31 heavy (non-hydrogen) atoms. The first-order valence-corrected chi connectivity index (χ1v) is 8.90. The van der Waals surface area contributed by atoms with Gasteiger partial charge in [0.25, 0.3) is 0 Å². The summed E-state index contributed by atoms with van der Waals surface area (Å²) in [5.74, 6) is -3.87. The molecule has 180 valence electrons. The maximum Gasteiger partial charge on any atom is 0.320 e. The number of nitrogens with zero attached hydrogens (tertiary/aromatic N) is 1. The molecule has 15 nitrogen and oxygen atoms in total. The number of nitrogens with one attached hydrogen (secondary N) is 1. The highest BCUT2D eigenvalue weighted by Crippen LogP contribution is 1.97. The Kier molecular flexibility index (Phi) is 22.7. The van der Waals surface area contributed by atoms with Gasteiger partial charge in [-0.1, -0.05) is 6.42 Å². The van der Waals surface area contributed by atoms with Crippen molar-refractivity contribution in [1.82, 2.24) is 9.97 Å². The van der Waals surface area contributed by atoms with E-state index >= 15 is 0 Å². The Morgan fingerprint density at radius 1 is 0.871 bits per heavy atom. The Balaban J connectivity index is -0.000000360. The van der Waals surface area contributed by atoms with Crippen LogP contribution in [0.2, 0.25) is 0 Å². The van der Waals surface area contributed by atoms with Crippen LogP contribution in [0.4, 0.5) is 0 Å². The highest BCUT2D eigenvalue weighted by Gasteiger charge is 2.12. The van der Waals surface area contributed by atoms with E-state index in [1.165, 1.54) is 6.33 Å². The normalized spacial score (nSPS) is 11.1. The van der Waals surface area contributed by atoms with Crippen molar-refractivity contribution < 1.29 is 39.6 Å². The number of aliphatic carboxylic acids is 4. The maximum absolute atomic E-state index is 10.3. The summed E-state index contributed by atoms with van der Waals surface area (Å²) in [4.78, 5) is 45.4. The second kappa shape index (κ2) is 21.6. The van der Waals surface area contributed by atoms with E-state index in [4.69, 9.17) is 37.6 Å². The maximum atomic E-state index is 10.3. The summed E-state index contributed by atoms with van der Waals surface area (Å²) in [5.41, 5.74) is 25.6. The molecule has 0 saturated carbocycles. The fourth-order valence-electron chi connectivity index (χ4n) is 1.35. The van der Waals surface area contributed by atoms with E-state index in [1.54, 1.807) is 6.20 Å². The van der Waals surface area contributed by atoms with Crippen LogP contribution in [-0.2, 0) is 25.6 Å². The predicted molar refractivity (Wildman–Crippen MR) is 110 cm³/mol. The van der Waals surface area contributed by atoms with Crippen molar-refractivity contribution in [2.45, 2.75) is 37.8 Å². The molecule has 0 aliphatic carbocycles. The molecule has 1 aromatic heterocycles. The monoisotopic (exact) mass is 451 g/mol. The standard InChI is InChI=1S/C6H9N3O2.C6H14N2O2.2C2H5NO2/c7-5(6(10)11)1-4-2-8-3-9-4;7-4-2-1-3-5(8)6(9)10;2*3-1-2(4)5/h2-3,5H,1,7H2,(H,8,9)(H,10,11);5H,1-4,7-8H2,(H,9,10);2*1,3H2,(H,4,5). The van der Waals surface area contributed by atoms with Crippen LogP contribution in [0.15, 0.2) is 12.5 Å². The molecule has 0 fully saturated rings. The molecule has 0 aliphatic heterocycles. The van der Waals surface area contributed by atoms with Crippen molar-refractivity contribution in [1.29, 1.82) is 0 Å². The molecule has 1 heterocycles. The van der Waals surface area contributed by atoms with Gasteiger partial charge in [-0.3, -0.25) is 19.2 Å². The fraction of sp³-hybridized carbons (Fsp3) is 0.562. The molecule has 0 spiro atoms. The number of unbranched alkanes of at least 4 members (excludes halogenated alkanes) is 1. The number of carboxylic acids is 4. The summed E-state index contributed by atoms with van der Waals surface area (Å²) in [7, 11) is 0. The van der Waals surface area contributed by atoms with Gasteiger partial charge in [-0.05, 0) is 19.4 Å². The molecule has 0 amide bonds. The van der Waals surface area contributed by atoms with E-state index in [9.17, 15) is 19.2 Å². The van der Waals surface area contributed by atoms with Crippen LogP contribution in [-0.4, -0.2) is 86.0 Å². The van der Waals surface area contributed by atoms with Crippen LogP contribution in [0.1, 0.15) is 25.0 Å². The number of hydrogen-bond acceptors (Lipinski definition) is 10. The lowest BCUT2D eigenvalue weighted by Gasteiger charge is -2.03. The molecule has 0 saturated heterocycles. The third kappa shape index (κ3) is 26.9. The number of nitrogens with two attached hydrogens (primary N) is 5. The largest absolute Gasteiger partial charge is 0.480 e. The van der Waals surface area contributed by atoms with Crippen molar-refractivity contribution in [3.05, 3.63) is 18.2 Å². The van der Waals surface area contributed by atoms with Gasteiger partial charge in [0.2, 0.25) is 0 Å². The minimum Gasteiger partial charge on any atom is -0.480 e. The topological polar surface area (TPSA) is 308 Å². The first kappa shape index (κ1) is 32.6. The zero-order valence-corrected chi connectivity index (χ0v) is 17.0. The molecule has 0 bridgehead atoms. The molecular weight excluding hydrogens is 418 g/mol. The van der Waals surface area contributed by atoms with Crippen LogP contribution in [0.25, 0.3) is 0 Å².